The summed E-state index contributed by atoms with van der Waals surface area (Å²) in [5, 5.41) is -2.17. The van der Waals surface area contributed by atoms with Crippen LogP contribution in [0.25, 0.3) is 0 Å². The van der Waals surface area contributed by atoms with Crippen LogP contribution in [0.2, 0.25) is 0 Å². The zero-order valence-electron chi connectivity index (χ0n) is 17.2. The van der Waals surface area contributed by atoms with Crippen LogP contribution in [0.5, 0.6) is 0 Å². The Labute approximate surface area is 287 Å². The number of unbranched alkanes of at least 4 members (excludes halogenated alkanes) is 11. The molecule has 0 heterocycles. The van der Waals surface area contributed by atoms with Gasteiger partial charge in [0.15, 0.2) is 0 Å². The molecule has 0 amide bonds. The first-order valence-corrected chi connectivity index (χ1v) is 12.0. The van der Waals surface area contributed by atoms with E-state index in [4.69, 9.17) is 4.89 Å². The Bertz CT molecular complexity index is 368. The molecule has 11 heteroatoms. The van der Waals surface area contributed by atoms with Crippen LogP contribution in [-0.4, -0.2) is 10.3 Å². The predicted octanol–water partition coefficient (Wildman–Crippen LogP) is -6.12. The van der Waals surface area contributed by atoms with E-state index in [-0.39, 0.29) is 161 Å². The molecular weight excluding hydrogens is 455 g/mol. The zero-order valence-corrected chi connectivity index (χ0v) is 28.3. The van der Waals surface area contributed by atoms with E-state index < -0.39 is 20.6 Å². The van der Waals surface area contributed by atoms with Crippen molar-refractivity contribution in [2.45, 2.75) is 95.8 Å². The third-order valence-corrected chi connectivity index (χ3v) is 7.78. The molecule has 0 aliphatic rings. The molecule has 0 radical (unpaired) electrons. The predicted molar refractivity (Wildman–Crippen MR) is 86.9 cm³/mol. The van der Waals surface area contributed by atoms with Gasteiger partial charge >= 0.3 is 154 Å². The van der Waals surface area contributed by atoms with Crippen LogP contribution in [0.1, 0.15) is 90.4 Å². The summed E-state index contributed by atoms with van der Waals surface area (Å²) in [4.78, 5) is 41.4. The Morgan fingerprint density at radius 1 is 0.692 bits per heavy atom. The van der Waals surface area contributed by atoms with Gasteiger partial charge in [-0.3, -0.25) is 0 Å². The van der Waals surface area contributed by atoms with Crippen LogP contribution in [0.3, 0.4) is 0 Å². The summed E-state index contributed by atoms with van der Waals surface area (Å²) in [6.45, 7) is 2.20. The molecule has 0 saturated heterocycles. The first-order valence-electron chi connectivity index (χ1n) is 8.74. The Morgan fingerprint density at radius 2 is 1.00 bits per heavy atom. The van der Waals surface area contributed by atoms with Crippen LogP contribution in [-0.2, 0) is 9.13 Å². The van der Waals surface area contributed by atoms with E-state index >= 15 is 0 Å². The first kappa shape index (κ1) is 38.5. The Morgan fingerprint density at radius 3 is 1.27 bits per heavy atom. The minimum atomic E-state index is -5.31. The molecule has 0 bridgehead atoms. The van der Waals surface area contributed by atoms with Crippen molar-refractivity contribution >= 4 is 15.2 Å². The molecule has 6 nitrogen and oxygen atoms in total. The fraction of sp³-hybridized carbons (Fsp3) is 1.00. The van der Waals surface area contributed by atoms with Crippen molar-refractivity contribution in [3.63, 3.8) is 0 Å². The van der Waals surface area contributed by atoms with Crippen LogP contribution in [0, 0.1) is 0 Å². The van der Waals surface area contributed by atoms with Crippen molar-refractivity contribution in [2.75, 3.05) is 0 Å². The fourth-order valence-corrected chi connectivity index (χ4v) is 5.11. The van der Waals surface area contributed by atoms with E-state index in [9.17, 15) is 23.8 Å². The summed E-state index contributed by atoms with van der Waals surface area (Å²) in [5.74, 6) is 0. The fourth-order valence-electron chi connectivity index (χ4n) is 2.67. The molecule has 0 aliphatic heterocycles. The van der Waals surface area contributed by atoms with E-state index in [0.717, 1.165) is 19.3 Å². The first-order chi connectivity index (χ1) is 10.7. The summed E-state index contributed by atoms with van der Waals surface area (Å²) in [5.41, 5.74) is 0. The second-order valence-corrected chi connectivity index (χ2v) is 10.1. The largest absolute Gasteiger partial charge is 1.00 e. The van der Waals surface area contributed by atoms with Gasteiger partial charge in [0.2, 0.25) is 0 Å². The van der Waals surface area contributed by atoms with Crippen molar-refractivity contribution in [3.05, 3.63) is 0 Å². The molecule has 0 rings (SSSR count). The molecule has 1 N–H and O–H groups in total. The van der Waals surface area contributed by atoms with Gasteiger partial charge in [0, 0.05) is 0 Å². The third-order valence-electron chi connectivity index (χ3n) is 4.06. The van der Waals surface area contributed by atoms with Gasteiger partial charge in [-0.2, -0.15) is 0 Å². The Kier molecular flexibility index (Phi) is 34.6. The number of hydrogen-bond donors (Lipinski definition) is 1. The quantitative estimate of drug-likeness (QED) is 0.140. The van der Waals surface area contributed by atoms with Crippen molar-refractivity contribution in [1.82, 2.24) is 0 Å². The summed E-state index contributed by atoms with van der Waals surface area (Å²) in [6, 6.07) is 0. The van der Waals surface area contributed by atoms with Gasteiger partial charge in [-0.15, -0.1) is 0 Å². The van der Waals surface area contributed by atoms with Gasteiger partial charge in [-0.25, -0.2) is 0 Å². The molecule has 26 heavy (non-hydrogen) atoms. The van der Waals surface area contributed by atoms with Gasteiger partial charge in [0.25, 0.3) is 0 Å². The van der Waals surface area contributed by atoms with Crippen molar-refractivity contribution in [1.29, 1.82) is 0 Å². The molecule has 0 aliphatic carbocycles. The molecule has 140 valence electrons. The summed E-state index contributed by atoms with van der Waals surface area (Å²) >= 11 is 0. The Hall–Kier alpha value is 5.21. The summed E-state index contributed by atoms with van der Waals surface area (Å²) in [6.07, 6.45) is 12.6. The molecule has 0 aromatic rings. The molecule has 2 unspecified atom stereocenters. The van der Waals surface area contributed by atoms with Gasteiger partial charge in [0.05, 0.1) is 5.40 Å². The third kappa shape index (κ3) is 23.9. The molecule has 0 fully saturated rings. The maximum atomic E-state index is 10.9. The van der Waals surface area contributed by atoms with E-state index in [0.29, 0.717) is 12.8 Å². The second kappa shape index (κ2) is 23.4. The smallest absolute Gasteiger partial charge is 0.810 e. The average molecular weight is 487 g/mol. The van der Waals surface area contributed by atoms with Gasteiger partial charge in [0.1, 0.15) is 7.60 Å². The molecule has 0 aromatic heterocycles. The number of hydrogen-bond acceptors (Lipinski definition) is 5. The van der Waals surface area contributed by atoms with E-state index in [2.05, 4.69) is 6.92 Å². The minimum absolute atomic E-state index is 0. The van der Waals surface area contributed by atoms with E-state index in [1.165, 1.54) is 44.9 Å². The van der Waals surface area contributed by atoms with E-state index in [1.54, 1.807) is 0 Å². The average Bonchev–Trinajstić information content (AvgIpc) is 2.41. The second-order valence-electron chi connectivity index (χ2n) is 6.26. The SMILES string of the molecule is CCCCCCCCCCCCCCC(P(=O)([O-])[O-])P(=O)([O-])O.[K+].[K+].[K+]. The monoisotopic (exact) mass is 486 g/mol. The summed E-state index contributed by atoms with van der Waals surface area (Å²) in [7, 11) is -10.4. The van der Waals surface area contributed by atoms with Crippen LogP contribution < -0.4 is 169 Å². The topological polar surface area (TPSA) is 124 Å². The Balaban J connectivity index is -0.000000807. The summed E-state index contributed by atoms with van der Waals surface area (Å²) < 4.78 is 21.8. The maximum absolute atomic E-state index is 10.9. The van der Waals surface area contributed by atoms with Gasteiger partial charge < -0.3 is 28.7 Å². The molecular formula is C15H31K3O6P2. The van der Waals surface area contributed by atoms with Crippen LogP contribution in [0.15, 0.2) is 0 Å². The maximum Gasteiger partial charge on any atom is 1.00 e. The van der Waals surface area contributed by atoms with Crippen molar-refractivity contribution in [2.24, 2.45) is 0 Å². The minimum Gasteiger partial charge on any atom is -0.810 e. The van der Waals surface area contributed by atoms with E-state index in [1.807, 2.05) is 0 Å². The number of rotatable bonds is 15. The van der Waals surface area contributed by atoms with Crippen molar-refractivity contribution < 1.29 is 183 Å². The zero-order chi connectivity index (χ0) is 17.8. The molecule has 2 atom stereocenters. The van der Waals surface area contributed by atoms with Gasteiger partial charge in [-0.05, 0) is 6.42 Å². The molecule has 0 spiro atoms. The standard InChI is InChI=1S/C15H34O6P2.3K/c1-2-3-4-5-6-7-8-9-10-11-12-13-14-15(22(16,17)18)23(19,20)21;;;/h15H,2-14H2,1H3,(H2,16,17,18)(H2,19,20,21);;;/q;3*+1/p-3. The van der Waals surface area contributed by atoms with Crippen LogP contribution >= 0.6 is 15.2 Å². The molecule has 0 aromatic carbocycles. The molecule has 0 saturated carbocycles. The van der Waals surface area contributed by atoms with Crippen molar-refractivity contribution in [3.8, 4) is 0 Å². The van der Waals surface area contributed by atoms with Crippen LogP contribution in [0.4, 0.5) is 0 Å². The van der Waals surface area contributed by atoms with Gasteiger partial charge in [-0.1, -0.05) is 91.6 Å². The normalized spacial score (nSPS) is 14.3.